The molecule has 1 heterocycles. The SMILES string of the molecule is CC(=O)N1CC(F)CC1C(=O)NC(c1ccccc1)c1ccc(C2CCC2)c(F)c1. The van der Waals surface area contributed by atoms with Gasteiger partial charge in [0.05, 0.1) is 12.6 Å². The Bertz CT molecular complexity index is 930. The maximum absolute atomic E-state index is 14.8. The lowest BCUT2D eigenvalue weighted by atomic mass is 9.79. The van der Waals surface area contributed by atoms with Crippen molar-refractivity contribution in [3.05, 3.63) is 71.0 Å². The standard InChI is InChI=1S/C24H26F2N2O2/c1-15(29)28-14-19(25)13-22(28)24(30)27-23(17-6-3-2-4-7-17)18-10-11-20(21(26)12-18)16-8-5-9-16/h2-4,6-7,10-12,16,19,22-23H,5,8-9,13-14H2,1H3,(H,27,30). The van der Waals surface area contributed by atoms with Crippen molar-refractivity contribution in [1.82, 2.24) is 10.2 Å². The van der Waals surface area contributed by atoms with E-state index in [0.717, 1.165) is 30.4 Å². The molecule has 0 bridgehead atoms. The van der Waals surface area contributed by atoms with E-state index in [4.69, 9.17) is 0 Å². The molecule has 3 atom stereocenters. The maximum Gasteiger partial charge on any atom is 0.243 e. The second-order valence-electron chi connectivity index (χ2n) is 8.28. The van der Waals surface area contributed by atoms with Gasteiger partial charge >= 0.3 is 0 Å². The first-order valence-electron chi connectivity index (χ1n) is 10.5. The van der Waals surface area contributed by atoms with Crippen molar-refractivity contribution in [2.75, 3.05) is 6.54 Å². The molecule has 0 aromatic heterocycles. The van der Waals surface area contributed by atoms with Gasteiger partial charge in [0.1, 0.15) is 18.0 Å². The molecule has 4 nitrogen and oxygen atoms in total. The van der Waals surface area contributed by atoms with E-state index in [1.807, 2.05) is 42.5 Å². The molecule has 2 aromatic carbocycles. The van der Waals surface area contributed by atoms with Crippen molar-refractivity contribution in [2.24, 2.45) is 0 Å². The van der Waals surface area contributed by atoms with E-state index in [0.29, 0.717) is 5.56 Å². The van der Waals surface area contributed by atoms with Gasteiger partial charge in [-0.25, -0.2) is 8.78 Å². The molecule has 0 radical (unpaired) electrons. The first-order valence-corrected chi connectivity index (χ1v) is 10.5. The van der Waals surface area contributed by atoms with Gasteiger partial charge in [-0.2, -0.15) is 0 Å². The van der Waals surface area contributed by atoms with Crippen LogP contribution in [0.4, 0.5) is 8.78 Å². The van der Waals surface area contributed by atoms with Gasteiger partial charge in [0.2, 0.25) is 11.8 Å². The number of benzene rings is 2. The van der Waals surface area contributed by atoms with Crippen molar-refractivity contribution in [2.45, 2.75) is 56.8 Å². The van der Waals surface area contributed by atoms with Crippen LogP contribution in [0, 0.1) is 5.82 Å². The van der Waals surface area contributed by atoms with E-state index in [-0.39, 0.29) is 30.6 Å². The fraction of sp³-hybridized carbons (Fsp3) is 0.417. The van der Waals surface area contributed by atoms with Gasteiger partial charge in [0, 0.05) is 13.3 Å². The molecule has 2 amide bonds. The van der Waals surface area contributed by atoms with Crippen molar-refractivity contribution in [1.29, 1.82) is 0 Å². The average molecular weight is 412 g/mol. The van der Waals surface area contributed by atoms with E-state index in [1.54, 1.807) is 0 Å². The topological polar surface area (TPSA) is 49.4 Å². The molecule has 1 aliphatic carbocycles. The number of hydrogen-bond acceptors (Lipinski definition) is 2. The molecular weight excluding hydrogens is 386 g/mol. The number of carbonyl (C=O) groups is 2. The van der Waals surface area contributed by atoms with Crippen LogP contribution in [0.3, 0.4) is 0 Å². The Kier molecular flexibility index (Phi) is 5.84. The Hall–Kier alpha value is -2.76. The number of alkyl halides is 1. The third-order valence-electron chi connectivity index (χ3n) is 6.28. The van der Waals surface area contributed by atoms with E-state index >= 15 is 0 Å². The Balaban J connectivity index is 1.62. The number of rotatable bonds is 5. The predicted molar refractivity (Wildman–Crippen MR) is 110 cm³/mol. The second-order valence-corrected chi connectivity index (χ2v) is 8.28. The minimum Gasteiger partial charge on any atom is -0.343 e. The van der Waals surface area contributed by atoms with Gasteiger partial charge in [0.15, 0.2) is 0 Å². The number of amides is 2. The summed E-state index contributed by atoms with van der Waals surface area (Å²) < 4.78 is 28.8. The van der Waals surface area contributed by atoms with Crippen molar-refractivity contribution in [3.8, 4) is 0 Å². The summed E-state index contributed by atoms with van der Waals surface area (Å²) in [6, 6.07) is 13.0. The molecule has 158 valence electrons. The lowest BCUT2D eigenvalue weighted by Gasteiger charge is -2.28. The molecule has 1 aliphatic heterocycles. The molecule has 1 saturated carbocycles. The number of nitrogens with one attached hydrogen (secondary N) is 1. The Labute approximate surface area is 175 Å². The number of hydrogen-bond donors (Lipinski definition) is 1. The largest absolute Gasteiger partial charge is 0.343 e. The van der Waals surface area contributed by atoms with E-state index in [9.17, 15) is 18.4 Å². The minimum absolute atomic E-state index is 0.0259. The summed E-state index contributed by atoms with van der Waals surface area (Å²) in [6.45, 7) is 1.26. The molecule has 1 N–H and O–H groups in total. The molecule has 2 aromatic rings. The highest BCUT2D eigenvalue weighted by molar-refractivity contribution is 5.88. The van der Waals surface area contributed by atoms with Crippen LogP contribution in [0.5, 0.6) is 0 Å². The van der Waals surface area contributed by atoms with Crippen LogP contribution < -0.4 is 5.32 Å². The van der Waals surface area contributed by atoms with E-state index in [1.165, 1.54) is 17.9 Å². The highest BCUT2D eigenvalue weighted by Gasteiger charge is 2.39. The first kappa shape index (κ1) is 20.5. The fourth-order valence-electron chi connectivity index (χ4n) is 4.40. The number of likely N-dealkylation sites (tertiary alicyclic amines) is 1. The number of nitrogens with zero attached hydrogens (tertiary/aromatic N) is 1. The van der Waals surface area contributed by atoms with Crippen LogP contribution in [0.25, 0.3) is 0 Å². The van der Waals surface area contributed by atoms with Crippen molar-refractivity contribution < 1.29 is 18.4 Å². The molecular formula is C24H26F2N2O2. The van der Waals surface area contributed by atoms with Gasteiger partial charge in [-0.15, -0.1) is 0 Å². The van der Waals surface area contributed by atoms with Crippen LogP contribution in [-0.2, 0) is 9.59 Å². The molecule has 1 saturated heterocycles. The lowest BCUT2D eigenvalue weighted by Crippen LogP contribution is -2.46. The molecule has 0 spiro atoms. The van der Waals surface area contributed by atoms with Crippen molar-refractivity contribution in [3.63, 3.8) is 0 Å². The molecule has 2 fully saturated rings. The lowest BCUT2D eigenvalue weighted by molar-refractivity contribution is -0.137. The second kappa shape index (κ2) is 8.54. The predicted octanol–water partition coefficient (Wildman–Crippen LogP) is 4.26. The van der Waals surface area contributed by atoms with E-state index in [2.05, 4.69) is 5.32 Å². The zero-order valence-corrected chi connectivity index (χ0v) is 17.0. The molecule has 3 unspecified atom stereocenters. The number of carbonyl (C=O) groups excluding carboxylic acids is 2. The normalized spacial score (nSPS) is 22.4. The summed E-state index contributed by atoms with van der Waals surface area (Å²) in [5.41, 5.74) is 2.15. The molecule has 30 heavy (non-hydrogen) atoms. The summed E-state index contributed by atoms with van der Waals surface area (Å²) in [4.78, 5) is 26.1. The van der Waals surface area contributed by atoms with Crippen LogP contribution in [-0.4, -0.2) is 35.5 Å². The van der Waals surface area contributed by atoms with Crippen LogP contribution in [0.1, 0.15) is 61.3 Å². The average Bonchev–Trinajstić information content (AvgIpc) is 3.09. The summed E-state index contributed by atoms with van der Waals surface area (Å²) in [6.07, 6.45) is 1.88. The zero-order valence-electron chi connectivity index (χ0n) is 17.0. The Morgan fingerprint density at radius 2 is 1.83 bits per heavy atom. The quantitative estimate of drug-likeness (QED) is 0.798. The van der Waals surface area contributed by atoms with Gasteiger partial charge in [0.25, 0.3) is 0 Å². The summed E-state index contributed by atoms with van der Waals surface area (Å²) in [7, 11) is 0. The smallest absolute Gasteiger partial charge is 0.243 e. The maximum atomic E-state index is 14.8. The van der Waals surface area contributed by atoms with Crippen LogP contribution in [0.15, 0.2) is 48.5 Å². The fourth-order valence-corrected chi connectivity index (χ4v) is 4.40. The number of halogens is 2. The first-order chi connectivity index (χ1) is 14.4. The van der Waals surface area contributed by atoms with Crippen LogP contribution in [0.2, 0.25) is 0 Å². The Morgan fingerprint density at radius 1 is 1.10 bits per heavy atom. The zero-order chi connectivity index (χ0) is 21.3. The van der Waals surface area contributed by atoms with Gasteiger partial charge in [-0.05, 0) is 41.5 Å². The molecule has 2 aliphatic rings. The summed E-state index contributed by atoms with van der Waals surface area (Å²) in [5.74, 6) is -0.750. The third-order valence-corrected chi connectivity index (χ3v) is 6.28. The monoisotopic (exact) mass is 412 g/mol. The summed E-state index contributed by atoms with van der Waals surface area (Å²) >= 11 is 0. The van der Waals surface area contributed by atoms with Gasteiger partial charge < -0.3 is 10.2 Å². The van der Waals surface area contributed by atoms with E-state index < -0.39 is 24.2 Å². The van der Waals surface area contributed by atoms with Gasteiger partial charge in [-0.1, -0.05) is 48.9 Å². The highest BCUT2D eigenvalue weighted by Crippen LogP contribution is 2.38. The summed E-state index contributed by atoms with van der Waals surface area (Å²) in [5, 5.41) is 2.93. The van der Waals surface area contributed by atoms with Crippen molar-refractivity contribution >= 4 is 11.8 Å². The molecule has 4 rings (SSSR count). The molecule has 6 heteroatoms. The highest BCUT2D eigenvalue weighted by atomic mass is 19.1. The minimum atomic E-state index is -1.22. The Morgan fingerprint density at radius 3 is 2.43 bits per heavy atom. The van der Waals surface area contributed by atoms with Gasteiger partial charge in [-0.3, -0.25) is 9.59 Å². The van der Waals surface area contributed by atoms with Crippen LogP contribution >= 0.6 is 0 Å². The third kappa shape index (κ3) is 4.09.